The zero-order chi connectivity index (χ0) is 15.8. The molecule has 22 heavy (non-hydrogen) atoms. The minimum absolute atomic E-state index is 0.0215. The summed E-state index contributed by atoms with van der Waals surface area (Å²) in [6, 6.07) is 8.02. The number of rotatable bonds is 6. The molecule has 1 aromatic carbocycles. The summed E-state index contributed by atoms with van der Waals surface area (Å²) in [7, 11) is 4.01. The smallest absolute Gasteiger partial charge is 0.241 e. The van der Waals surface area contributed by atoms with Gasteiger partial charge < -0.3 is 9.80 Å². The van der Waals surface area contributed by atoms with Crippen LogP contribution in [-0.2, 0) is 4.79 Å². The van der Waals surface area contributed by atoms with Gasteiger partial charge in [0.05, 0.1) is 6.21 Å². The lowest BCUT2D eigenvalue weighted by molar-refractivity contribution is -0.121. The molecule has 1 fully saturated rings. The second-order valence-electron chi connectivity index (χ2n) is 5.93. The predicted octanol–water partition coefficient (Wildman–Crippen LogP) is 2.08. The Labute approximate surface area is 133 Å². The van der Waals surface area contributed by atoms with Crippen molar-refractivity contribution in [1.82, 2.24) is 10.3 Å². The number of nitrogens with one attached hydrogen (secondary N) is 1. The van der Waals surface area contributed by atoms with Crippen LogP contribution < -0.4 is 10.3 Å². The summed E-state index contributed by atoms with van der Waals surface area (Å²) >= 11 is 0. The van der Waals surface area contributed by atoms with E-state index in [0.29, 0.717) is 6.42 Å². The molecule has 1 aliphatic heterocycles. The lowest BCUT2D eigenvalue weighted by Gasteiger charge is -2.25. The van der Waals surface area contributed by atoms with Gasteiger partial charge in [-0.25, -0.2) is 5.43 Å². The first-order chi connectivity index (χ1) is 10.6. The van der Waals surface area contributed by atoms with Gasteiger partial charge in [-0.2, -0.15) is 5.10 Å². The number of piperidine rings is 1. The van der Waals surface area contributed by atoms with Crippen molar-refractivity contribution in [2.45, 2.75) is 25.7 Å². The first kappa shape index (κ1) is 16.5. The van der Waals surface area contributed by atoms with E-state index in [4.69, 9.17) is 0 Å². The van der Waals surface area contributed by atoms with Gasteiger partial charge in [0.25, 0.3) is 0 Å². The fourth-order valence-electron chi connectivity index (χ4n) is 2.54. The van der Waals surface area contributed by atoms with Crippen LogP contribution in [-0.4, -0.2) is 50.8 Å². The Morgan fingerprint density at radius 3 is 2.55 bits per heavy atom. The zero-order valence-corrected chi connectivity index (χ0v) is 13.6. The summed E-state index contributed by atoms with van der Waals surface area (Å²) in [6.07, 6.45) is 6.01. The van der Waals surface area contributed by atoms with Crippen molar-refractivity contribution in [2.24, 2.45) is 5.10 Å². The van der Waals surface area contributed by atoms with Crippen molar-refractivity contribution in [3.8, 4) is 0 Å². The molecule has 2 rings (SSSR count). The molecule has 1 saturated heterocycles. The molecule has 0 spiro atoms. The number of likely N-dealkylation sites (tertiary alicyclic amines) is 1. The Morgan fingerprint density at radius 1 is 1.23 bits per heavy atom. The molecule has 0 bridgehead atoms. The first-order valence-electron chi connectivity index (χ1n) is 7.97. The fourth-order valence-corrected chi connectivity index (χ4v) is 2.54. The highest BCUT2D eigenvalue weighted by molar-refractivity contribution is 5.82. The maximum absolute atomic E-state index is 11.8. The van der Waals surface area contributed by atoms with Crippen molar-refractivity contribution in [3.63, 3.8) is 0 Å². The van der Waals surface area contributed by atoms with Gasteiger partial charge in [0.2, 0.25) is 5.91 Å². The lowest BCUT2D eigenvalue weighted by Crippen LogP contribution is -2.33. The summed E-state index contributed by atoms with van der Waals surface area (Å²) < 4.78 is 0. The molecule has 0 radical (unpaired) electrons. The number of hydrogen-bond donors (Lipinski definition) is 1. The molecule has 0 atom stereocenters. The topological polar surface area (TPSA) is 47.9 Å². The molecule has 5 heteroatoms. The van der Waals surface area contributed by atoms with Gasteiger partial charge in [0.1, 0.15) is 0 Å². The second-order valence-corrected chi connectivity index (χ2v) is 5.93. The molecular formula is C17H26N4O. The van der Waals surface area contributed by atoms with Gasteiger partial charge >= 0.3 is 0 Å². The van der Waals surface area contributed by atoms with Crippen molar-refractivity contribution in [1.29, 1.82) is 0 Å². The van der Waals surface area contributed by atoms with Crippen LogP contribution in [0.5, 0.6) is 0 Å². The number of carbonyl (C=O) groups is 1. The molecule has 0 aliphatic carbocycles. The number of carbonyl (C=O) groups excluding carboxylic acids is 1. The molecule has 0 unspecified atom stereocenters. The largest absolute Gasteiger partial charge is 0.378 e. The van der Waals surface area contributed by atoms with E-state index in [1.807, 2.05) is 43.3 Å². The Bertz CT molecular complexity index is 490. The normalized spacial score (nSPS) is 15.9. The van der Waals surface area contributed by atoms with Gasteiger partial charge in [-0.05, 0) is 43.6 Å². The van der Waals surface area contributed by atoms with E-state index in [9.17, 15) is 4.79 Å². The maximum Gasteiger partial charge on any atom is 0.241 e. The average molecular weight is 302 g/mol. The molecule has 1 amide bonds. The number of benzene rings is 1. The summed E-state index contributed by atoms with van der Waals surface area (Å²) in [5, 5.41) is 4.02. The van der Waals surface area contributed by atoms with E-state index in [0.717, 1.165) is 30.9 Å². The van der Waals surface area contributed by atoms with E-state index in [1.54, 1.807) is 6.21 Å². The van der Waals surface area contributed by atoms with Crippen LogP contribution in [0.1, 0.15) is 31.2 Å². The van der Waals surface area contributed by atoms with Crippen LogP contribution in [0.3, 0.4) is 0 Å². The van der Waals surface area contributed by atoms with Crippen molar-refractivity contribution in [3.05, 3.63) is 29.8 Å². The van der Waals surface area contributed by atoms with Crippen LogP contribution in [0.4, 0.5) is 5.69 Å². The van der Waals surface area contributed by atoms with Crippen molar-refractivity contribution >= 4 is 17.8 Å². The molecule has 0 saturated carbocycles. The van der Waals surface area contributed by atoms with Gasteiger partial charge in [-0.3, -0.25) is 4.79 Å². The number of hydrogen-bond acceptors (Lipinski definition) is 4. The van der Waals surface area contributed by atoms with Gasteiger partial charge in [-0.1, -0.05) is 18.6 Å². The third-order valence-corrected chi connectivity index (χ3v) is 3.92. The monoisotopic (exact) mass is 302 g/mol. The highest BCUT2D eigenvalue weighted by Crippen LogP contribution is 2.11. The summed E-state index contributed by atoms with van der Waals surface area (Å²) in [5.74, 6) is -0.0215. The first-order valence-corrected chi connectivity index (χ1v) is 7.97. The van der Waals surface area contributed by atoms with Crippen LogP contribution in [0.2, 0.25) is 0 Å². The Morgan fingerprint density at radius 2 is 1.91 bits per heavy atom. The van der Waals surface area contributed by atoms with Crippen LogP contribution in [0, 0.1) is 0 Å². The Hall–Kier alpha value is -1.88. The molecule has 1 heterocycles. The van der Waals surface area contributed by atoms with Crippen LogP contribution >= 0.6 is 0 Å². The van der Waals surface area contributed by atoms with E-state index >= 15 is 0 Å². The van der Waals surface area contributed by atoms with Crippen LogP contribution in [0.15, 0.2) is 29.4 Å². The third-order valence-electron chi connectivity index (χ3n) is 3.92. The second kappa shape index (κ2) is 8.54. The minimum Gasteiger partial charge on any atom is -0.378 e. The number of hydrazone groups is 1. The van der Waals surface area contributed by atoms with Gasteiger partial charge in [-0.15, -0.1) is 0 Å². The Kier molecular flexibility index (Phi) is 6.40. The summed E-state index contributed by atoms with van der Waals surface area (Å²) in [5.41, 5.74) is 4.72. The molecule has 1 aromatic rings. The highest BCUT2D eigenvalue weighted by atomic mass is 16.2. The summed E-state index contributed by atoms with van der Waals surface area (Å²) in [4.78, 5) is 16.2. The van der Waals surface area contributed by atoms with E-state index in [-0.39, 0.29) is 5.91 Å². The molecule has 120 valence electrons. The molecule has 5 nitrogen and oxygen atoms in total. The molecule has 1 aliphatic rings. The van der Waals surface area contributed by atoms with E-state index < -0.39 is 0 Å². The summed E-state index contributed by atoms with van der Waals surface area (Å²) in [6.45, 7) is 3.07. The Balaban J connectivity index is 1.70. The standard InChI is InChI=1S/C17H26N4O/c1-20(2)16-8-6-15(7-9-16)14-18-19-17(22)10-13-21-11-4-3-5-12-21/h6-9,14H,3-5,10-13H2,1-2H3,(H,19,22)/b18-14-. The van der Waals surface area contributed by atoms with Crippen molar-refractivity contribution < 1.29 is 4.79 Å². The third kappa shape index (κ3) is 5.48. The minimum atomic E-state index is -0.0215. The number of anilines is 1. The average Bonchev–Trinajstić information content (AvgIpc) is 2.54. The predicted molar refractivity (Wildman–Crippen MR) is 91.4 cm³/mol. The SMILES string of the molecule is CN(C)c1ccc(/C=N\NC(=O)CCN2CCCCC2)cc1. The zero-order valence-electron chi connectivity index (χ0n) is 13.6. The maximum atomic E-state index is 11.8. The van der Waals surface area contributed by atoms with E-state index in [1.165, 1.54) is 19.3 Å². The fraction of sp³-hybridized carbons (Fsp3) is 0.529. The quantitative estimate of drug-likeness (QED) is 0.646. The lowest BCUT2D eigenvalue weighted by atomic mass is 10.1. The van der Waals surface area contributed by atoms with E-state index in [2.05, 4.69) is 15.4 Å². The molecule has 1 N–H and O–H groups in total. The van der Waals surface area contributed by atoms with Crippen molar-refractivity contribution in [2.75, 3.05) is 38.6 Å². The molecule has 0 aromatic heterocycles. The molecular weight excluding hydrogens is 276 g/mol. The van der Waals surface area contributed by atoms with Crippen LogP contribution in [0.25, 0.3) is 0 Å². The number of amides is 1. The van der Waals surface area contributed by atoms with Gasteiger partial charge in [0.15, 0.2) is 0 Å². The highest BCUT2D eigenvalue weighted by Gasteiger charge is 2.11. The van der Waals surface area contributed by atoms with Gasteiger partial charge in [0, 0.05) is 32.7 Å². The number of nitrogens with zero attached hydrogens (tertiary/aromatic N) is 3.